The van der Waals surface area contributed by atoms with E-state index in [4.69, 9.17) is 4.74 Å². The van der Waals surface area contributed by atoms with Crippen LogP contribution >= 0.6 is 0 Å². The lowest BCUT2D eigenvalue weighted by Gasteiger charge is -2.20. The van der Waals surface area contributed by atoms with Crippen molar-refractivity contribution in [2.24, 2.45) is 0 Å². The highest BCUT2D eigenvalue weighted by molar-refractivity contribution is 5.92. The molecule has 24 heavy (non-hydrogen) atoms. The fraction of sp³-hybridized carbons (Fsp3) is 0.381. The van der Waals surface area contributed by atoms with Crippen LogP contribution in [0.5, 0.6) is 5.75 Å². The topological polar surface area (TPSA) is 38.3 Å². The molecule has 0 spiro atoms. The maximum atomic E-state index is 12.2. The van der Waals surface area contributed by atoms with Gasteiger partial charge < -0.3 is 10.1 Å². The van der Waals surface area contributed by atoms with Crippen LogP contribution < -0.4 is 10.1 Å². The van der Waals surface area contributed by atoms with Gasteiger partial charge in [-0.3, -0.25) is 4.79 Å². The number of carbonyl (C=O) groups is 1. The Morgan fingerprint density at radius 1 is 1.12 bits per heavy atom. The minimum atomic E-state index is -0.143. The molecule has 0 heterocycles. The summed E-state index contributed by atoms with van der Waals surface area (Å²) in [6.45, 7) is 10.6. The Kier molecular flexibility index (Phi) is 5.66. The number of nitrogens with one attached hydrogen (secondary N) is 1. The van der Waals surface area contributed by atoms with Crippen LogP contribution in [0.15, 0.2) is 42.5 Å². The fourth-order valence-electron chi connectivity index (χ4n) is 2.56. The monoisotopic (exact) mass is 325 g/mol. The summed E-state index contributed by atoms with van der Waals surface area (Å²) in [7, 11) is 0. The molecular formula is C21H27NO2. The smallest absolute Gasteiger partial charge is 0.262 e. The summed E-state index contributed by atoms with van der Waals surface area (Å²) in [6, 6.07) is 14.0. The molecule has 2 rings (SSSR count). The second kappa shape index (κ2) is 7.52. The Hall–Kier alpha value is -2.29. The number of anilines is 1. The van der Waals surface area contributed by atoms with E-state index in [0.717, 1.165) is 29.0 Å². The number of rotatable bonds is 5. The van der Waals surface area contributed by atoms with Crippen molar-refractivity contribution in [1.29, 1.82) is 0 Å². The van der Waals surface area contributed by atoms with Gasteiger partial charge in [-0.1, -0.05) is 58.0 Å². The number of amides is 1. The van der Waals surface area contributed by atoms with Gasteiger partial charge in [-0.2, -0.15) is 0 Å². The summed E-state index contributed by atoms with van der Waals surface area (Å²) < 4.78 is 5.70. The molecule has 1 amide bonds. The molecule has 0 aromatic heterocycles. The normalized spacial score (nSPS) is 11.2. The molecule has 3 heteroatoms. The van der Waals surface area contributed by atoms with Crippen molar-refractivity contribution < 1.29 is 9.53 Å². The van der Waals surface area contributed by atoms with Gasteiger partial charge in [0, 0.05) is 5.69 Å². The molecule has 3 nitrogen and oxygen atoms in total. The lowest BCUT2D eigenvalue weighted by Crippen LogP contribution is -2.21. The average molecular weight is 325 g/mol. The van der Waals surface area contributed by atoms with Gasteiger partial charge in [0.15, 0.2) is 6.61 Å². The number of hydrogen-bond acceptors (Lipinski definition) is 2. The highest BCUT2D eigenvalue weighted by Crippen LogP contribution is 2.27. The van der Waals surface area contributed by atoms with E-state index >= 15 is 0 Å². The molecule has 0 saturated carbocycles. The molecule has 128 valence electrons. The minimum absolute atomic E-state index is 0.00769. The fourth-order valence-corrected chi connectivity index (χ4v) is 2.56. The number of hydrogen-bond donors (Lipinski definition) is 1. The first-order valence-corrected chi connectivity index (χ1v) is 8.43. The minimum Gasteiger partial charge on any atom is -0.483 e. The van der Waals surface area contributed by atoms with E-state index in [9.17, 15) is 4.79 Å². The summed E-state index contributed by atoms with van der Waals surface area (Å²) in [5, 5.41) is 2.92. The molecule has 2 aromatic rings. The van der Waals surface area contributed by atoms with Crippen molar-refractivity contribution in [2.75, 3.05) is 11.9 Å². The van der Waals surface area contributed by atoms with Crippen molar-refractivity contribution in [3.63, 3.8) is 0 Å². The average Bonchev–Trinajstić information content (AvgIpc) is 2.53. The quantitative estimate of drug-likeness (QED) is 0.851. The third-order valence-electron chi connectivity index (χ3n) is 4.07. The predicted molar refractivity (Wildman–Crippen MR) is 99.8 cm³/mol. The van der Waals surface area contributed by atoms with E-state index in [1.807, 2.05) is 37.3 Å². The SMILES string of the molecule is CCc1ccccc1NC(=O)COc1ccc(C(C)(C)C)cc1C. The van der Waals surface area contributed by atoms with Crippen LogP contribution in [0.2, 0.25) is 0 Å². The third kappa shape index (κ3) is 4.60. The van der Waals surface area contributed by atoms with E-state index in [2.05, 4.69) is 45.1 Å². The highest BCUT2D eigenvalue weighted by atomic mass is 16.5. The van der Waals surface area contributed by atoms with Crippen LogP contribution in [0.4, 0.5) is 5.69 Å². The Morgan fingerprint density at radius 3 is 2.46 bits per heavy atom. The molecule has 0 fully saturated rings. The van der Waals surface area contributed by atoms with Gasteiger partial charge in [-0.15, -0.1) is 0 Å². The Balaban J connectivity index is 1.99. The van der Waals surface area contributed by atoms with Gasteiger partial charge in [0.05, 0.1) is 0 Å². The zero-order chi connectivity index (χ0) is 17.7. The van der Waals surface area contributed by atoms with Crippen LogP contribution in [-0.4, -0.2) is 12.5 Å². The lowest BCUT2D eigenvalue weighted by atomic mass is 9.86. The Morgan fingerprint density at radius 2 is 1.83 bits per heavy atom. The summed E-state index contributed by atoms with van der Waals surface area (Å²) in [5.74, 6) is 0.608. The summed E-state index contributed by atoms with van der Waals surface area (Å²) in [5.41, 5.74) is 4.38. The number of para-hydroxylation sites is 1. The standard InChI is InChI=1S/C21H27NO2/c1-6-16-9-7-8-10-18(16)22-20(23)14-24-19-12-11-17(13-15(19)2)21(3,4)5/h7-13H,6,14H2,1-5H3,(H,22,23). The van der Waals surface area contributed by atoms with Crippen molar-refractivity contribution in [1.82, 2.24) is 0 Å². The van der Waals surface area contributed by atoms with Crippen molar-refractivity contribution >= 4 is 11.6 Å². The van der Waals surface area contributed by atoms with Gasteiger partial charge in [0.2, 0.25) is 0 Å². The van der Waals surface area contributed by atoms with Gasteiger partial charge in [0.25, 0.3) is 5.91 Å². The van der Waals surface area contributed by atoms with Gasteiger partial charge >= 0.3 is 0 Å². The second-order valence-corrected chi connectivity index (χ2v) is 7.08. The van der Waals surface area contributed by atoms with Gasteiger partial charge in [-0.05, 0) is 47.6 Å². The van der Waals surface area contributed by atoms with E-state index in [1.54, 1.807) is 0 Å². The summed E-state index contributed by atoms with van der Waals surface area (Å²) in [4.78, 5) is 12.2. The molecule has 1 N–H and O–H groups in total. The first-order valence-electron chi connectivity index (χ1n) is 8.43. The summed E-state index contributed by atoms with van der Waals surface area (Å²) >= 11 is 0. The predicted octanol–water partition coefficient (Wildman–Crippen LogP) is 4.87. The molecule has 0 radical (unpaired) electrons. The molecular weight excluding hydrogens is 298 g/mol. The zero-order valence-corrected chi connectivity index (χ0v) is 15.3. The lowest BCUT2D eigenvalue weighted by molar-refractivity contribution is -0.118. The first kappa shape index (κ1) is 18.1. The molecule has 0 aliphatic carbocycles. The number of aryl methyl sites for hydroxylation is 2. The van der Waals surface area contributed by atoms with Crippen molar-refractivity contribution in [3.05, 3.63) is 59.2 Å². The molecule has 0 aliphatic heterocycles. The van der Waals surface area contributed by atoms with Crippen LogP contribution in [-0.2, 0) is 16.6 Å². The second-order valence-electron chi connectivity index (χ2n) is 7.08. The molecule has 0 aliphatic rings. The largest absolute Gasteiger partial charge is 0.483 e. The van der Waals surface area contributed by atoms with E-state index in [0.29, 0.717) is 0 Å². The van der Waals surface area contributed by atoms with Crippen LogP contribution in [0.3, 0.4) is 0 Å². The molecule has 2 aromatic carbocycles. The number of ether oxygens (including phenoxy) is 1. The van der Waals surface area contributed by atoms with Gasteiger partial charge in [0.1, 0.15) is 5.75 Å². The molecule has 0 bridgehead atoms. The van der Waals surface area contributed by atoms with E-state index < -0.39 is 0 Å². The molecule has 0 saturated heterocycles. The Bertz CT molecular complexity index is 714. The third-order valence-corrected chi connectivity index (χ3v) is 4.07. The first-order chi connectivity index (χ1) is 11.3. The van der Waals surface area contributed by atoms with Crippen molar-refractivity contribution in [2.45, 2.75) is 46.5 Å². The van der Waals surface area contributed by atoms with Crippen molar-refractivity contribution in [3.8, 4) is 5.75 Å². The van der Waals surface area contributed by atoms with Crippen LogP contribution in [0.25, 0.3) is 0 Å². The van der Waals surface area contributed by atoms with Crippen LogP contribution in [0, 0.1) is 6.92 Å². The van der Waals surface area contributed by atoms with E-state index in [-0.39, 0.29) is 17.9 Å². The maximum Gasteiger partial charge on any atom is 0.262 e. The molecule has 0 unspecified atom stereocenters. The Labute approximate surface area is 145 Å². The zero-order valence-electron chi connectivity index (χ0n) is 15.3. The summed E-state index contributed by atoms with van der Waals surface area (Å²) in [6.07, 6.45) is 0.880. The van der Waals surface area contributed by atoms with Crippen LogP contribution in [0.1, 0.15) is 44.4 Å². The highest BCUT2D eigenvalue weighted by Gasteiger charge is 2.15. The maximum absolute atomic E-state index is 12.2. The van der Waals surface area contributed by atoms with Gasteiger partial charge in [-0.25, -0.2) is 0 Å². The molecule has 0 atom stereocenters. The van der Waals surface area contributed by atoms with E-state index in [1.165, 1.54) is 5.56 Å². The number of benzene rings is 2. The number of carbonyl (C=O) groups excluding carboxylic acids is 1.